The van der Waals surface area contributed by atoms with Gasteiger partial charge in [-0.2, -0.15) is 0 Å². The molecule has 0 saturated heterocycles. The Morgan fingerprint density at radius 1 is 1.30 bits per heavy atom. The quantitative estimate of drug-likeness (QED) is 0.612. The average molecular weight is 342 g/mol. The maximum Gasteiger partial charge on any atom is 0.329 e. The van der Waals surface area contributed by atoms with Gasteiger partial charge in [0.2, 0.25) is 5.91 Å². The van der Waals surface area contributed by atoms with E-state index in [1.165, 1.54) is 0 Å². The van der Waals surface area contributed by atoms with Gasteiger partial charge in [-0.3, -0.25) is 4.79 Å². The molecule has 1 aromatic carbocycles. The molecule has 0 aliphatic carbocycles. The van der Waals surface area contributed by atoms with Crippen molar-refractivity contribution in [2.45, 2.75) is 32.9 Å². The van der Waals surface area contributed by atoms with Crippen molar-refractivity contribution in [1.29, 1.82) is 0 Å². The molecule has 0 fully saturated rings. The van der Waals surface area contributed by atoms with E-state index < -0.39 is 12.0 Å². The van der Waals surface area contributed by atoms with Crippen LogP contribution in [0.5, 0.6) is 0 Å². The number of hydrogen-bond donors (Lipinski definition) is 1. The minimum atomic E-state index is -0.603. The summed E-state index contributed by atoms with van der Waals surface area (Å²) < 4.78 is 5.29. The predicted octanol–water partition coefficient (Wildman–Crippen LogP) is 2.66. The number of hydrogen-bond acceptors (Lipinski definition) is 3. The summed E-state index contributed by atoms with van der Waals surface area (Å²) in [5.41, 5.74) is 0.926. The van der Waals surface area contributed by atoms with Crippen molar-refractivity contribution in [1.82, 2.24) is 5.32 Å². The molecule has 0 heterocycles. The van der Waals surface area contributed by atoms with E-state index in [9.17, 15) is 9.59 Å². The van der Waals surface area contributed by atoms with Crippen LogP contribution in [-0.4, -0.2) is 23.2 Å². The van der Waals surface area contributed by atoms with Crippen molar-refractivity contribution in [3.05, 3.63) is 35.9 Å². The standard InChI is InChI=1S/C15H20BrNO3/c1-3-11(2)14(17-13(18)9-16)15(19)20-10-12-7-5-4-6-8-12/h4-8,11,14H,3,9-10H2,1-2H3,(H,17,18)/t11-,14-/m0/s1. The molecule has 2 atom stereocenters. The lowest BCUT2D eigenvalue weighted by Gasteiger charge is -2.22. The predicted molar refractivity (Wildman–Crippen MR) is 81.4 cm³/mol. The molecular weight excluding hydrogens is 322 g/mol. The van der Waals surface area contributed by atoms with Gasteiger partial charge in [0, 0.05) is 0 Å². The SMILES string of the molecule is CC[C@H](C)[C@H](NC(=O)CBr)C(=O)OCc1ccccc1. The molecular formula is C15H20BrNO3. The first-order valence-corrected chi connectivity index (χ1v) is 7.76. The van der Waals surface area contributed by atoms with Gasteiger partial charge in [-0.05, 0) is 11.5 Å². The van der Waals surface area contributed by atoms with Crippen LogP contribution in [0.15, 0.2) is 30.3 Å². The van der Waals surface area contributed by atoms with Crippen LogP contribution in [0, 0.1) is 5.92 Å². The lowest BCUT2D eigenvalue weighted by molar-refractivity contribution is -0.150. The van der Waals surface area contributed by atoms with Crippen molar-refractivity contribution < 1.29 is 14.3 Å². The Hall–Kier alpha value is -1.36. The Balaban J connectivity index is 2.61. The van der Waals surface area contributed by atoms with E-state index in [2.05, 4.69) is 21.2 Å². The first kappa shape index (κ1) is 16.7. The monoisotopic (exact) mass is 341 g/mol. The van der Waals surface area contributed by atoms with Gasteiger partial charge < -0.3 is 10.1 Å². The average Bonchev–Trinajstić information content (AvgIpc) is 2.50. The Kier molecular flexibility index (Phi) is 7.30. The van der Waals surface area contributed by atoms with Gasteiger partial charge >= 0.3 is 5.97 Å². The molecule has 110 valence electrons. The van der Waals surface area contributed by atoms with Gasteiger partial charge in [-0.25, -0.2) is 4.79 Å². The van der Waals surface area contributed by atoms with E-state index in [1.54, 1.807) is 0 Å². The third-order valence-corrected chi connectivity index (χ3v) is 3.64. The third-order valence-electron chi connectivity index (χ3n) is 3.13. The molecule has 1 aromatic rings. The zero-order chi connectivity index (χ0) is 15.0. The highest BCUT2D eigenvalue weighted by Gasteiger charge is 2.26. The van der Waals surface area contributed by atoms with E-state index in [1.807, 2.05) is 44.2 Å². The summed E-state index contributed by atoms with van der Waals surface area (Å²) >= 11 is 3.07. The summed E-state index contributed by atoms with van der Waals surface area (Å²) in [6, 6.07) is 8.87. The summed E-state index contributed by atoms with van der Waals surface area (Å²) in [5.74, 6) is -0.578. The van der Waals surface area contributed by atoms with Crippen molar-refractivity contribution >= 4 is 27.8 Å². The number of amides is 1. The first-order valence-electron chi connectivity index (χ1n) is 6.64. The third kappa shape index (κ3) is 5.33. The van der Waals surface area contributed by atoms with Crippen molar-refractivity contribution in [2.24, 2.45) is 5.92 Å². The molecule has 0 unspecified atom stereocenters. The normalized spacial score (nSPS) is 13.3. The van der Waals surface area contributed by atoms with Crippen LogP contribution < -0.4 is 5.32 Å². The molecule has 4 nitrogen and oxygen atoms in total. The van der Waals surface area contributed by atoms with Crippen molar-refractivity contribution in [3.63, 3.8) is 0 Å². The lowest BCUT2D eigenvalue weighted by Crippen LogP contribution is -2.46. The fourth-order valence-electron chi connectivity index (χ4n) is 1.70. The minimum Gasteiger partial charge on any atom is -0.459 e. The second-order valence-corrected chi connectivity index (χ2v) is 5.22. The summed E-state index contributed by atoms with van der Waals surface area (Å²) in [4.78, 5) is 23.6. The molecule has 0 aliphatic rings. The molecule has 1 rings (SSSR count). The van der Waals surface area contributed by atoms with Gasteiger partial charge in [0.1, 0.15) is 12.6 Å². The molecule has 1 N–H and O–H groups in total. The van der Waals surface area contributed by atoms with Crippen LogP contribution in [0.2, 0.25) is 0 Å². The van der Waals surface area contributed by atoms with Gasteiger partial charge in [0.25, 0.3) is 0 Å². The molecule has 20 heavy (non-hydrogen) atoms. The van der Waals surface area contributed by atoms with E-state index in [4.69, 9.17) is 4.74 Å². The van der Waals surface area contributed by atoms with Crippen LogP contribution in [0.25, 0.3) is 0 Å². The summed E-state index contributed by atoms with van der Waals surface area (Å²) in [6.45, 7) is 4.11. The van der Waals surface area contributed by atoms with Gasteiger partial charge in [-0.1, -0.05) is 66.5 Å². The number of alkyl halides is 1. The highest BCUT2D eigenvalue weighted by Crippen LogP contribution is 2.11. The molecule has 0 radical (unpaired) electrons. The molecule has 0 aromatic heterocycles. The summed E-state index contributed by atoms with van der Waals surface area (Å²) in [7, 11) is 0. The number of esters is 1. The zero-order valence-corrected chi connectivity index (χ0v) is 13.4. The fourth-order valence-corrected chi connectivity index (χ4v) is 1.86. The highest BCUT2D eigenvalue weighted by molar-refractivity contribution is 9.09. The molecule has 0 saturated carbocycles. The Morgan fingerprint density at radius 3 is 2.50 bits per heavy atom. The van der Waals surface area contributed by atoms with E-state index >= 15 is 0 Å². The van der Waals surface area contributed by atoms with Gasteiger partial charge in [-0.15, -0.1) is 0 Å². The largest absolute Gasteiger partial charge is 0.459 e. The first-order chi connectivity index (χ1) is 9.58. The second-order valence-electron chi connectivity index (χ2n) is 4.66. The van der Waals surface area contributed by atoms with Gasteiger partial charge in [0.05, 0.1) is 5.33 Å². The minimum absolute atomic E-state index is 0.0290. The smallest absolute Gasteiger partial charge is 0.329 e. The number of nitrogens with one attached hydrogen (secondary N) is 1. The maximum atomic E-state index is 12.1. The van der Waals surface area contributed by atoms with Crippen molar-refractivity contribution in [2.75, 3.05) is 5.33 Å². The number of carbonyl (C=O) groups is 2. The number of benzene rings is 1. The van der Waals surface area contributed by atoms with E-state index in [0.717, 1.165) is 12.0 Å². The summed E-state index contributed by atoms with van der Waals surface area (Å²) in [5, 5.41) is 2.87. The molecule has 0 bridgehead atoms. The lowest BCUT2D eigenvalue weighted by atomic mass is 9.99. The Morgan fingerprint density at radius 2 is 1.95 bits per heavy atom. The van der Waals surface area contributed by atoms with E-state index in [0.29, 0.717) is 0 Å². The highest BCUT2D eigenvalue weighted by atomic mass is 79.9. The molecule has 5 heteroatoms. The van der Waals surface area contributed by atoms with E-state index in [-0.39, 0.29) is 23.8 Å². The number of ether oxygens (including phenoxy) is 1. The fraction of sp³-hybridized carbons (Fsp3) is 0.467. The van der Waals surface area contributed by atoms with Crippen molar-refractivity contribution in [3.8, 4) is 0 Å². The van der Waals surface area contributed by atoms with Gasteiger partial charge in [0.15, 0.2) is 0 Å². The number of rotatable bonds is 7. The second kappa shape index (κ2) is 8.74. The van der Waals surface area contributed by atoms with Crippen LogP contribution >= 0.6 is 15.9 Å². The topological polar surface area (TPSA) is 55.4 Å². The van der Waals surface area contributed by atoms with Crippen LogP contribution in [0.4, 0.5) is 0 Å². The molecule has 0 spiro atoms. The zero-order valence-electron chi connectivity index (χ0n) is 11.8. The summed E-state index contributed by atoms with van der Waals surface area (Å²) in [6.07, 6.45) is 0.785. The molecule has 0 aliphatic heterocycles. The Labute approximate surface area is 128 Å². The Bertz CT molecular complexity index is 436. The maximum absolute atomic E-state index is 12.1. The number of carbonyl (C=O) groups excluding carboxylic acids is 2. The van der Waals surface area contributed by atoms with Crippen LogP contribution in [0.3, 0.4) is 0 Å². The van der Waals surface area contributed by atoms with Crippen LogP contribution in [0.1, 0.15) is 25.8 Å². The molecule has 1 amide bonds. The number of halogens is 1. The van der Waals surface area contributed by atoms with Crippen LogP contribution in [-0.2, 0) is 20.9 Å².